The maximum absolute atomic E-state index is 9.75. The summed E-state index contributed by atoms with van der Waals surface area (Å²) in [6.07, 6.45) is 5.85. The second-order valence-electron chi connectivity index (χ2n) is 5.67. The number of β-amino-alcohol motifs (C(OH)–C–C–N with tert-alkyl or cyclic N) is 1. The number of aliphatic hydroxyl groups excluding tert-OH is 1. The molecule has 1 aliphatic rings. The summed E-state index contributed by atoms with van der Waals surface area (Å²) < 4.78 is 1.98. The van der Waals surface area contributed by atoms with E-state index in [1.165, 1.54) is 0 Å². The summed E-state index contributed by atoms with van der Waals surface area (Å²) >= 11 is 0. The molecule has 1 saturated heterocycles. The molecule has 1 aromatic carbocycles. The molecule has 3 aromatic rings. The van der Waals surface area contributed by atoms with Gasteiger partial charge in [0.15, 0.2) is 11.5 Å². The van der Waals surface area contributed by atoms with E-state index < -0.39 is 0 Å². The van der Waals surface area contributed by atoms with E-state index in [-0.39, 0.29) is 6.10 Å². The number of aromatic nitrogens is 3. The Bertz CT molecular complexity index is 911. The van der Waals surface area contributed by atoms with E-state index in [0.29, 0.717) is 12.1 Å². The fourth-order valence-electron chi connectivity index (χ4n) is 3.02. The third kappa shape index (κ3) is 2.31. The predicted molar refractivity (Wildman–Crippen MR) is 86.0 cm³/mol. The Hall–Kier alpha value is -2.91. The molecule has 3 heterocycles. The van der Waals surface area contributed by atoms with Gasteiger partial charge in [-0.05, 0) is 18.6 Å². The van der Waals surface area contributed by atoms with Gasteiger partial charge in [0.25, 0.3) is 0 Å². The Morgan fingerprint density at radius 3 is 3.00 bits per heavy atom. The Labute approximate surface area is 133 Å². The van der Waals surface area contributed by atoms with E-state index in [9.17, 15) is 5.11 Å². The van der Waals surface area contributed by atoms with Crippen molar-refractivity contribution < 1.29 is 5.11 Å². The topological polar surface area (TPSA) is 77.5 Å². The van der Waals surface area contributed by atoms with Crippen molar-refractivity contribution in [2.24, 2.45) is 0 Å². The summed E-state index contributed by atoms with van der Waals surface area (Å²) in [4.78, 5) is 11.0. The van der Waals surface area contributed by atoms with Crippen LogP contribution in [0.2, 0.25) is 0 Å². The van der Waals surface area contributed by atoms with Gasteiger partial charge < -0.3 is 10.0 Å². The van der Waals surface area contributed by atoms with Crippen molar-refractivity contribution in [2.75, 3.05) is 18.0 Å². The van der Waals surface area contributed by atoms with E-state index in [0.717, 1.165) is 35.7 Å². The van der Waals surface area contributed by atoms with Crippen LogP contribution in [-0.4, -0.2) is 38.7 Å². The molecular formula is C17H15N5O. The van der Waals surface area contributed by atoms with Crippen LogP contribution in [0.5, 0.6) is 0 Å². The highest BCUT2D eigenvalue weighted by Gasteiger charge is 2.24. The molecule has 0 amide bonds. The average Bonchev–Trinajstić information content (AvgIpc) is 3.21. The van der Waals surface area contributed by atoms with Gasteiger partial charge in [0, 0.05) is 31.0 Å². The van der Waals surface area contributed by atoms with Crippen LogP contribution in [-0.2, 0) is 0 Å². The van der Waals surface area contributed by atoms with Crippen molar-refractivity contribution in [1.29, 1.82) is 5.26 Å². The molecule has 2 aromatic heterocycles. The number of nitriles is 1. The first-order valence-electron chi connectivity index (χ1n) is 7.52. The van der Waals surface area contributed by atoms with Crippen LogP contribution in [0.1, 0.15) is 12.0 Å². The number of hydrogen-bond donors (Lipinski definition) is 1. The number of anilines is 1. The van der Waals surface area contributed by atoms with Gasteiger partial charge in [0.1, 0.15) is 0 Å². The van der Waals surface area contributed by atoms with Crippen LogP contribution in [0, 0.1) is 11.3 Å². The minimum absolute atomic E-state index is 0.307. The molecule has 0 saturated carbocycles. The SMILES string of the molecule is N#Cc1cccc(-c2cnc3c(N4CCC(O)C4)nccn23)c1. The van der Waals surface area contributed by atoms with Crippen molar-refractivity contribution >= 4 is 11.5 Å². The summed E-state index contributed by atoms with van der Waals surface area (Å²) in [5, 5.41) is 18.8. The Kier molecular flexibility index (Phi) is 3.21. The monoisotopic (exact) mass is 305 g/mol. The van der Waals surface area contributed by atoms with Crippen LogP contribution >= 0.6 is 0 Å². The van der Waals surface area contributed by atoms with E-state index in [4.69, 9.17) is 5.26 Å². The van der Waals surface area contributed by atoms with Gasteiger partial charge in [-0.15, -0.1) is 0 Å². The van der Waals surface area contributed by atoms with Crippen molar-refractivity contribution in [1.82, 2.24) is 14.4 Å². The number of hydrogen-bond acceptors (Lipinski definition) is 5. The molecule has 1 fully saturated rings. The molecule has 23 heavy (non-hydrogen) atoms. The minimum Gasteiger partial charge on any atom is -0.391 e. The van der Waals surface area contributed by atoms with Gasteiger partial charge in [-0.2, -0.15) is 5.26 Å². The van der Waals surface area contributed by atoms with Crippen LogP contribution in [0.15, 0.2) is 42.9 Å². The summed E-state index contributed by atoms with van der Waals surface area (Å²) in [6, 6.07) is 9.62. The van der Waals surface area contributed by atoms with E-state index in [1.54, 1.807) is 18.5 Å². The molecule has 1 atom stereocenters. The lowest BCUT2D eigenvalue weighted by atomic mass is 10.1. The fourth-order valence-corrected chi connectivity index (χ4v) is 3.02. The zero-order valence-electron chi connectivity index (χ0n) is 12.4. The number of imidazole rings is 1. The maximum Gasteiger partial charge on any atom is 0.180 e. The van der Waals surface area contributed by atoms with Crippen LogP contribution in [0.3, 0.4) is 0 Å². The predicted octanol–water partition coefficient (Wildman–Crippen LogP) is 1.84. The van der Waals surface area contributed by atoms with Crippen molar-refractivity contribution in [3.8, 4) is 17.3 Å². The van der Waals surface area contributed by atoms with Gasteiger partial charge in [-0.1, -0.05) is 12.1 Å². The maximum atomic E-state index is 9.75. The highest BCUT2D eigenvalue weighted by Crippen LogP contribution is 2.27. The molecule has 0 radical (unpaired) electrons. The highest BCUT2D eigenvalue weighted by atomic mass is 16.3. The summed E-state index contributed by atoms with van der Waals surface area (Å²) in [7, 11) is 0. The number of nitrogens with zero attached hydrogens (tertiary/aromatic N) is 5. The standard InChI is InChI=1S/C17H15N5O/c18-9-12-2-1-3-13(8-12)15-10-20-17-16(19-5-7-22(15)17)21-6-4-14(23)11-21/h1-3,5,7-8,10,14,23H,4,6,11H2. The largest absolute Gasteiger partial charge is 0.391 e. The zero-order chi connectivity index (χ0) is 15.8. The molecule has 4 rings (SSSR count). The summed E-state index contributed by atoms with van der Waals surface area (Å²) in [5.74, 6) is 0.784. The number of rotatable bonds is 2. The molecule has 0 spiro atoms. The van der Waals surface area contributed by atoms with Crippen molar-refractivity contribution in [3.63, 3.8) is 0 Å². The smallest absolute Gasteiger partial charge is 0.180 e. The minimum atomic E-state index is -0.307. The van der Waals surface area contributed by atoms with Crippen molar-refractivity contribution in [2.45, 2.75) is 12.5 Å². The van der Waals surface area contributed by atoms with Crippen molar-refractivity contribution in [3.05, 3.63) is 48.4 Å². The van der Waals surface area contributed by atoms with E-state index in [2.05, 4.69) is 20.9 Å². The molecule has 0 aliphatic carbocycles. The summed E-state index contributed by atoms with van der Waals surface area (Å²) in [6.45, 7) is 1.36. The second kappa shape index (κ2) is 5.38. The molecule has 6 nitrogen and oxygen atoms in total. The average molecular weight is 305 g/mol. The van der Waals surface area contributed by atoms with Gasteiger partial charge in [0.05, 0.1) is 29.6 Å². The Balaban J connectivity index is 1.83. The molecular weight excluding hydrogens is 290 g/mol. The number of aliphatic hydroxyl groups is 1. The first-order valence-corrected chi connectivity index (χ1v) is 7.52. The Morgan fingerprint density at radius 1 is 1.30 bits per heavy atom. The molecule has 1 unspecified atom stereocenters. The van der Waals surface area contributed by atoms with Gasteiger partial charge in [-0.3, -0.25) is 4.40 Å². The zero-order valence-corrected chi connectivity index (χ0v) is 12.4. The lowest BCUT2D eigenvalue weighted by Gasteiger charge is -2.17. The molecule has 1 N–H and O–H groups in total. The van der Waals surface area contributed by atoms with E-state index in [1.807, 2.05) is 28.8 Å². The lowest BCUT2D eigenvalue weighted by Crippen LogP contribution is -2.23. The third-order valence-electron chi connectivity index (χ3n) is 4.16. The van der Waals surface area contributed by atoms with Crippen LogP contribution < -0.4 is 4.90 Å². The first kappa shape index (κ1) is 13.7. The normalized spacial score (nSPS) is 17.6. The van der Waals surface area contributed by atoms with E-state index >= 15 is 0 Å². The summed E-state index contributed by atoms with van der Waals surface area (Å²) in [5.41, 5.74) is 3.24. The van der Waals surface area contributed by atoms with Gasteiger partial charge in [-0.25, -0.2) is 9.97 Å². The molecule has 0 bridgehead atoms. The molecule has 114 valence electrons. The molecule has 6 heteroatoms. The fraction of sp³-hybridized carbons (Fsp3) is 0.235. The Morgan fingerprint density at radius 2 is 2.22 bits per heavy atom. The number of benzene rings is 1. The quantitative estimate of drug-likeness (QED) is 0.781. The third-order valence-corrected chi connectivity index (χ3v) is 4.16. The number of fused-ring (bicyclic) bond motifs is 1. The molecule has 1 aliphatic heterocycles. The van der Waals surface area contributed by atoms with Crippen LogP contribution in [0.4, 0.5) is 5.82 Å². The van der Waals surface area contributed by atoms with Gasteiger partial charge >= 0.3 is 0 Å². The second-order valence-corrected chi connectivity index (χ2v) is 5.67. The highest BCUT2D eigenvalue weighted by molar-refractivity contribution is 5.72. The lowest BCUT2D eigenvalue weighted by molar-refractivity contribution is 0.198. The van der Waals surface area contributed by atoms with Gasteiger partial charge in [0.2, 0.25) is 0 Å². The first-order chi connectivity index (χ1) is 11.3. The van der Waals surface area contributed by atoms with Crippen LogP contribution in [0.25, 0.3) is 16.9 Å².